The number of nitrogens with zero attached hydrogens (tertiary/aromatic N) is 8. The van der Waals surface area contributed by atoms with E-state index in [-0.39, 0.29) is 11.1 Å². The lowest BCUT2D eigenvalue weighted by molar-refractivity contribution is 1.18. The van der Waals surface area contributed by atoms with E-state index < -0.39 is 0 Å². The molecule has 0 spiro atoms. The van der Waals surface area contributed by atoms with Crippen LogP contribution in [0.5, 0.6) is 0 Å². The second kappa shape index (κ2) is 18.1. The van der Waals surface area contributed by atoms with Crippen LogP contribution in [0.3, 0.4) is 0 Å². The van der Waals surface area contributed by atoms with Crippen molar-refractivity contribution in [3.05, 3.63) is 241 Å². The van der Waals surface area contributed by atoms with E-state index in [1.807, 2.05) is 24.3 Å². The molecule has 0 atom stereocenters. The van der Waals surface area contributed by atoms with Gasteiger partial charge in [0.2, 0.25) is 0 Å². The summed E-state index contributed by atoms with van der Waals surface area (Å²) in [5.41, 5.74) is 14.5. The molecule has 70 heavy (non-hydrogen) atoms. The molecule has 0 N–H and O–H groups in total. The van der Waals surface area contributed by atoms with E-state index in [0.717, 1.165) is 67.0 Å². The third kappa shape index (κ3) is 7.83. The smallest absolute Gasteiger partial charge is 0.160 e. The van der Waals surface area contributed by atoms with Gasteiger partial charge in [-0.3, -0.25) is 0 Å². The first-order valence-corrected chi connectivity index (χ1v) is 22.5. The van der Waals surface area contributed by atoms with Crippen LogP contribution in [0.25, 0.3) is 83.6 Å². The molecule has 11 aromatic rings. The summed E-state index contributed by atoms with van der Waals surface area (Å²) < 4.78 is 2.32. The van der Waals surface area contributed by atoms with Gasteiger partial charge in [0.05, 0.1) is 69.0 Å². The third-order valence-electron chi connectivity index (χ3n) is 12.6. The molecule has 0 aliphatic carbocycles. The summed E-state index contributed by atoms with van der Waals surface area (Å²) in [5, 5.41) is 42.4. The predicted octanol–water partition coefficient (Wildman–Crippen LogP) is 14.9. The van der Waals surface area contributed by atoms with Gasteiger partial charge in [-0.15, -0.1) is 0 Å². The normalized spacial score (nSPS) is 10.8. The van der Waals surface area contributed by atoms with Crippen molar-refractivity contribution in [1.29, 1.82) is 21.0 Å². The van der Waals surface area contributed by atoms with E-state index >= 15 is 0 Å². The van der Waals surface area contributed by atoms with Crippen molar-refractivity contribution in [2.75, 3.05) is 4.90 Å². The number of para-hydroxylation sites is 3. The third-order valence-corrected chi connectivity index (χ3v) is 12.6. The molecule has 9 aromatic carbocycles. The van der Waals surface area contributed by atoms with E-state index in [4.69, 9.17) is 9.97 Å². The van der Waals surface area contributed by atoms with Gasteiger partial charge in [-0.05, 0) is 138 Å². The highest BCUT2D eigenvalue weighted by Gasteiger charge is 2.20. The lowest BCUT2D eigenvalue weighted by atomic mass is 9.92. The van der Waals surface area contributed by atoms with E-state index in [1.54, 1.807) is 66.7 Å². The number of aromatic nitrogens is 3. The summed E-state index contributed by atoms with van der Waals surface area (Å²) in [6.45, 7) is 0. The Labute approximate surface area is 404 Å². The molecule has 8 nitrogen and oxygen atoms in total. The molecular formula is C62H36N8. The molecule has 0 saturated heterocycles. The Morgan fingerprint density at radius 2 is 0.843 bits per heavy atom. The quantitative estimate of drug-likeness (QED) is 0.141. The largest absolute Gasteiger partial charge is 0.310 e. The minimum absolute atomic E-state index is 0.287. The van der Waals surface area contributed by atoms with Crippen LogP contribution >= 0.6 is 0 Å². The highest BCUT2D eigenvalue weighted by atomic mass is 15.1. The van der Waals surface area contributed by atoms with Crippen molar-refractivity contribution < 1.29 is 0 Å². The topological polar surface area (TPSA) is 129 Å². The van der Waals surface area contributed by atoms with Crippen LogP contribution in [0.1, 0.15) is 22.3 Å². The Kier molecular flexibility index (Phi) is 10.9. The number of anilines is 3. The summed E-state index contributed by atoms with van der Waals surface area (Å²) in [5.74, 6) is 0.362. The average Bonchev–Trinajstić information content (AvgIpc) is 3.77. The van der Waals surface area contributed by atoms with Crippen LogP contribution in [-0.4, -0.2) is 14.5 Å². The summed E-state index contributed by atoms with van der Waals surface area (Å²) >= 11 is 0. The van der Waals surface area contributed by atoms with Crippen LogP contribution in [0.2, 0.25) is 0 Å². The zero-order valence-corrected chi connectivity index (χ0v) is 37.4. The molecule has 0 unspecified atom stereocenters. The first-order valence-electron chi connectivity index (χ1n) is 22.5. The van der Waals surface area contributed by atoms with Gasteiger partial charge >= 0.3 is 0 Å². The van der Waals surface area contributed by atoms with Crippen molar-refractivity contribution in [1.82, 2.24) is 14.5 Å². The van der Waals surface area contributed by atoms with Gasteiger partial charge in [-0.1, -0.05) is 103 Å². The fraction of sp³-hybridized carbons (Fsp3) is 0. The van der Waals surface area contributed by atoms with Crippen LogP contribution in [0, 0.1) is 45.3 Å². The minimum atomic E-state index is 0.287. The predicted molar refractivity (Wildman–Crippen MR) is 277 cm³/mol. The van der Waals surface area contributed by atoms with Gasteiger partial charge in [0.15, 0.2) is 5.82 Å². The second-order valence-corrected chi connectivity index (χ2v) is 16.7. The van der Waals surface area contributed by atoms with E-state index in [1.165, 1.54) is 5.39 Å². The van der Waals surface area contributed by atoms with Gasteiger partial charge in [0.25, 0.3) is 0 Å². The highest BCUT2D eigenvalue weighted by Crippen LogP contribution is 2.40. The van der Waals surface area contributed by atoms with Crippen LogP contribution < -0.4 is 4.90 Å². The number of hydrogen-bond acceptors (Lipinski definition) is 7. The zero-order valence-electron chi connectivity index (χ0n) is 37.4. The molecule has 324 valence electrons. The van der Waals surface area contributed by atoms with Crippen molar-refractivity contribution in [3.8, 4) is 86.1 Å². The summed E-state index contributed by atoms with van der Waals surface area (Å²) in [4.78, 5) is 12.0. The fourth-order valence-corrected chi connectivity index (χ4v) is 9.16. The maximum atomic E-state index is 10.6. The molecule has 0 aliphatic rings. The molecule has 2 heterocycles. The summed E-state index contributed by atoms with van der Waals surface area (Å²) in [6.07, 6.45) is 0. The van der Waals surface area contributed by atoms with Crippen molar-refractivity contribution >= 4 is 38.9 Å². The Hall–Kier alpha value is -10.4. The van der Waals surface area contributed by atoms with Crippen molar-refractivity contribution in [3.63, 3.8) is 0 Å². The molecule has 0 bridgehead atoms. The molecule has 0 amide bonds. The zero-order chi connectivity index (χ0) is 47.6. The molecule has 8 heteroatoms. The number of fused-ring (bicyclic) bond motifs is 3. The van der Waals surface area contributed by atoms with Gasteiger partial charge in [0, 0.05) is 50.2 Å². The number of nitriles is 4. The molecule has 0 fully saturated rings. The molecule has 2 aromatic heterocycles. The molecular weight excluding hydrogens is 857 g/mol. The van der Waals surface area contributed by atoms with Gasteiger partial charge in [-0.25, -0.2) is 9.97 Å². The Morgan fingerprint density at radius 3 is 1.41 bits per heavy atom. The Morgan fingerprint density at radius 1 is 0.357 bits per heavy atom. The standard InChI is InChI=1S/C62H36N8/c63-37-41-15-19-46(20-16-41)57-36-58(68-62(67-57)47-21-17-42(38-64)18-22-47)61-49(39-65)33-48(34-50(61)40-66)45-25-23-43(24-26-45)44-27-29-53(30-28-44)70-59-14-8-7-13-55(59)56-35-54(31-32-60(56)70)69(51-9-3-1-4-10-51)52-11-5-2-6-12-52/h1-36H. The molecule has 0 radical (unpaired) electrons. The van der Waals surface area contributed by atoms with Crippen LogP contribution in [-0.2, 0) is 0 Å². The maximum Gasteiger partial charge on any atom is 0.160 e. The SMILES string of the molecule is N#Cc1ccc(-c2cc(-c3c(C#N)cc(-c4ccc(-c5ccc(-n6c7ccccc7c7cc(N(c8ccccc8)c8ccccc8)ccc76)cc5)cc4)cc3C#N)nc(-c3ccc(C#N)cc3)n2)cc1. The Bertz CT molecular complexity index is 3790. The molecule has 0 saturated carbocycles. The fourth-order valence-electron chi connectivity index (χ4n) is 9.16. The van der Waals surface area contributed by atoms with Crippen molar-refractivity contribution in [2.45, 2.75) is 0 Å². The molecule has 0 aliphatic heterocycles. The molecule has 11 rings (SSSR count). The van der Waals surface area contributed by atoms with Gasteiger partial charge in [-0.2, -0.15) is 21.0 Å². The Balaban J connectivity index is 0.915. The summed E-state index contributed by atoms with van der Waals surface area (Å²) in [6, 6.07) is 81.1. The minimum Gasteiger partial charge on any atom is -0.310 e. The first-order chi connectivity index (χ1) is 34.5. The highest BCUT2D eigenvalue weighted by molar-refractivity contribution is 6.10. The number of rotatable bonds is 9. The lowest BCUT2D eigenvalue weighted by Crippen LogP contribution is -2.09. The maximum absolute atomic E-state index is 10.6. The average molecular weight is 893 g/mol. The van der Waals surface area contributed by atoms with Gasteiger partial charge < -0.3 is 9.47 Å². The monoisotopic (exact) mass is 892 g/mol. The second-order valence-electron chi connectivity index (χ2n) is 16.7. The van der Waals surface area contributed by atoms with Crippen molar-refractivity contribution in [2.24, 2.45) is 0 Å². The van der Waals surface area contributed by atoms with Crippen LogP contribution in [0.15, 0.2) is 218 Å². The number of benzene rings is 9. The number of hydrogen-bond donors (Lipinski definition) is 0. The lowest BCUT2D eigenvalue weighted by Gasteiger charge is -2.25. The first kappa shape index (κ1) is 42.3. The van der Waals surface area contributed by atoms with E-state index in [0.29, 0.717) is 39.5 Å². The van der Waals surface area contributed by atoms with Gasteiger partial charge in [0.1, 0.15) is 0 Å². The van der Waals surface area contributed by atoms with E-state index in [2.05, 4.69) is 161 Å². The van der Waals surface area contributed by atoms with Crippen LogP contribution in [0.4, 0.5) is 17.1 Å². The summed E-state index contributed by atoms with van der Waals surface area (Å²) in [7, 11) is 0. The van der Waals surface area contributed by atoms with E-state index in [9.17, 15) is 21.0 Å².